The Morgan fingerprint density at radius 2 is 1.81 bits per heavy atom. The van der Waals surface area contributed by atoms with Gasteiger partial charge in [0, 0.05) is 18.2 Å². The van der Waals surface area contributed by atoms with Crippen molar-refractivity contribution in [1.82, 2.24) is 5.32 Å². The van der Waals surface area contributed by atoms with E-state index in [1.54, 1.807) is 20.3 Å². The zero-order valence-electron chi connectivity index (χ0n) is 12.3. The van der Waals surface area contributed by atoms with Gasteiger partial charge in [-0.15, -0.1) is 0 Å². The van der Waals surface area contributed by atoms with E-state index in [9.17, 15) is 4.79 Å². The molecule has 21 heavy (non-hydrogen) atoms. The van der Waals surface area contributed by atoms with Crippen molar-refractivity contribution < 1.29 is 14.3 Å². The average Bonchev–Trinajstić information content (AvgIpc) is 2.53. The van der Waals surface area contributed by atoms with E-state index in [1.807, 2.05) is 42.5 Å². The number of hydrogen-bond donors (Lipinski definition) is 1. The average molecular weight is 285 g/mol. The van der Waals surface area contributed by atoms with E-state index in [0.29, 0.717) is 18.7 Å². The lowest BCUT2D eigenvalue weighted by Gasteiger charge is -2.11. The van der Waals surface area contributed by atoms with Gasteiger partial charge in [-0.1, -0.05) is 30.3 Å². The van der Waals surface area contributed by atoms with Crippen molar-refractivity contribution in [3.8, 4) is 11.5 Å². The van der Waals surface area contributed by atoms with E-state index in [-0.39, 0.29) is 5.91 Å². The molecule has 0 saturated heterocycles. The Labute approximate surface area is 124 Å². The molecule has 2 rings (SSSR count). The summed E-state index contributed by atoms with van der Waals surface area (Å²) in [5, 5.41) is 2.90. The number of methoxy groups -OCH3 is 2. The summed E-state index contributed by atoms with van der Waals surface area (Å²) in [7, 11) is 3.21. The Kier molecular flexibility index (Phi) is 5.21. The van der Waals surface area contributed by atoms with Gasteiger partial charge in [0.05, 0.1) is 20.6 Å². The summed E-state index contributed by atoms with van der Waals surface area (Å²) in [6, 6.07) is 15.2. The maximum absolute atomic E-state index is 11.9. The van der Waals surface area contributed by atoms with Crippen LogP contribution in [0.3, 0.4) is 0 Å². The Balaban J connectivity index is 1.95. The van der Waals surface area contributed by atoms with Crippen LogP contribution in [0.15, 0.2) is 48.5 Å². The minimum atomic E-state index is -0.0147. The molecule has 0 aliphatic carbocycles. The highest BCUT2D eigenvalue weighted by Gasteiger charge is 2.07. The Morgan fingerprint density at radius 3 is 2.48 bits per heavy atom. The maximum Gasteiger partial charge on any atom is 0.224 e. The molecule has 0 heterocycles. The number of amides is 1. The lowest BCUT2D eigenvalue weighted by Crippen LogP contribution is -2.24. The number of carbonyl (C=O) groups is 1. The molecule has 0 aromatic heterocycles. The molecular formula is C17H19NO3. The number of nitrogens with one attached hydrogen (secondary N) is 1. The van der Waals surface area contributed by atoms with Gasteiger partial charge in [0.2, 0.25) is 5.91 Å². The lowest BCUT2D eigenvalue weighted by atomic mass is 10.1. The highest BCUT2D eigenvalue weighted by Crippen LogP contribution is 2.24. The molecule has 0 aliphatic rings. The van der Waals surface area contributed by atoms with Crippen LogP contribution in [0.25, 0.3) is 0 Å². The summed E-state index contributed by atoms with van der Waals surface area (Å²) in [5.74, 6) is 1.42. The number of ether oxygens (including phenoxy) is 2. The molecule has 0 atom stereocenters. The van der Waals surface area contributed by atoms with Gasteiger partial charge < -0.3 is 14.8 Å². The van der Waals surface area contributed by atoms with Gasteiger partial charge >= 0.3 is 0 Å². The first kappa shape index (κ1) is 14.9. The molecule has 2 aromatic carbocycles. The summed E-state index contributed by atoms with van der Waals surface area (Å²) >= 11 is 0. The third-order valence-electron chi connectivity index (χ3n) is 3.18. The molecule has 0 fully saturated rings. The lowest BCUT2D eigenvalue weighted by molar-refractivity contribution is -0.120. The summed E-state index contributed by atoms with van der Waals surface area (Å²) in [6.45, 7) is 0.429. The van der Waals surface area contributed by atoms with Crippen molar-refractivity contribution in [3.63, 3.8) is 0 Å². The Hall–Kier alpha value is -2.49. The smallest absolute Gasteiger partial charge is 0.224 e. The predicted molar refractivity (Wildman–Crippen MR) is 81.5 cm³/mol. The second kappa shape index (κ2) is 7.33. The number of hydrogen-bond acceptors (Lipinski definition) is 3. The van der Waals surface area contributed by atoms with Crippen molar-refractivity contribution in [3.05, 3.63) is 59.7 Å². The Morgan fingerprint density at radius 1 is 1.05 bits per heavy atom. The number of carbonyl (C=O) groups excluding carboxylic acids is 1. The van der Waals surface area contributed by atoms with Crippen molar-refractivity contribution in [2.45, 2.75) is 13.0 Å². The standard InChI is InChI=1S/C17H19NO3/c1-20-15-9-8-14(16(11-15)21-2)12-18-17(19)10-13-6-4-3-5-7-13/h3-9,11H,10,12H2,1-2H3,(H,18,19). The van der Waals surface area contributed by atoms with Gasteiger partial charge in [-0.3, -0.25) is 4.79 Å². The molecule has 4 heteroatoms. The largest absolute Gasteiger partial charge is 0.497 e. The van der Waals surface area contributed by atoms with Crippen LogP contribution in [0.5, 0.6) is 11.5 Å². The van der Waals surface area contributed by atoms with E-state index in [2.05, 4.69) is 5.32 Å². The fourth-order valence-corrected chi connectivity index (χ4v) is 2.04. The first-order valence-electron chi connectivity index (χ1n) is 6.74. The van der Waals surface area contributed by atoms with Gasteiger partial charge in [-0.25, -0.2) is 0 Å². The van der Waals surface area contributed by atoms with E-state index < -0.39 is 0 Å². The van der Waals surface area contributed by atoms with Gasteiger partial charge in [0.25, 0.3) is 0 Å². The fourth-order valence-electron chi connectivity index (χ4n) is 2.04. The summed E-state index contributed by atoms with van der Waals surface area (Å²) in [4.78, 5) is 11.9. The van der Waals surface area contributed by atoms with Crippen molar-refractivity contribution in [1.29, 1.82) is 0 Å². The Bertz CT molecular complexity index is 596. The first-order chi connectivity index (χ1) is 10.2. The second-order valence-electron chi connectivity index (χ2n) is 4.62. The molecule has 0 unspecified atom stereocenters. The third kappa shape index (κ3) is 4.24. The van der Waals surface area contributed by atoms with Gasteiger partial charge in [-0.2, -0.15) is 0 Å². The van der Waals surface area contributed by atoms with E-state index in [0.717, 1.165) is 16.9 Å². The highest BCUT2D eigenvalue weighted by molar-refractivity contribution is 5.78. The maximum atomic E-state index is 11.9. The molecule has 0 saturated carbocycles. The predicted octanol–water partition coefficient (Wildman–Crippen LogP) is 2.56. The molecule has 1 N–H and O–H groups in total. The minimum Gasteiger partial charge on any atom is -0.497 e. The van der Waals surface area contributed by atoms with Crippen LogP contribution in [0.4, 0.5) is 0 Å². The molecule has 0 bridgehead atoms. The summed E-state index contributed by atoms with van der Waals surface area (Å²) < 4.78 is 10.5. The van der Waals surface area contributed by atoms with Crippen molar-refractivity contribution >= 4 is 5.91 Å². The molecule has 0 aliphatic heterocycles. The van der Waals surface area contributed by atoms with Crippen LogP contribution < -0.4 is 14.8 Å². The highest BCUT2D eigenvalue weighted by atomic mass is 16.5. The quantitative estimate of drug-likeness (QED) is 0.887. The van der Waals surface area contributed by atoms with Gasteiger partial charge in [-0.05, 0) is 17.7 Å². The van der Waals surface area contributed by atoms with Crippen LogP contribution in [0.2, 0.25) is 0 Å². The molecular weight excluding hydrogens is 266 g/mol. The number of rotatable bonds is 6. The molecule has 0 radical (unpaired) electrons. The minimum absolute atomic E-state index is 0.0147. The zero-order chi connectivity index (χ0) is 15.1. The topological polar surface area (TPSA) is 47.6 Å². The molecule has 2 aromatic rings. The van der Waals surface area contributed by atoms with Crippen LogP contribution in [-0.2, 0) is 17.8 Å². The van der Waals surface area contributed by atoms with Gasteiger partial charge in [0.15, 0.2) is 0 Å². The monoisotopic (exact) mass is 285 g/mol. The van der Waals surface area contributed by atoms with Crippen molar-refractivity contribution in [2.75, 3.05) is 14.2 Å². The summed E-state index contributed by atoms with van der Waals surface area (Å²) in [5.41, 5.74) is 1.91. The summed E-state index contributed by atoms with van der Waals surface area (Å²) in [6.07, 6.45) is 0.374. The van der Waals surface area contributed by atoms with Crippen LogP contribution in [0, 0.1) is 0 Å². The van der Waals surface area contributed by atoms with Crippen LogP contribution in [-0.4, -0.2) is 20.1 Å². The second-order valence-corrected chi connectivity index (χ2v) is 4.62. The van der Waals surface area contributed by atoms with Crippen LogP contribution in [0.1, 0.15) is 11.1 Å². The zero-order valence-corrected chi connectivity index (χ0v) is 12.3. The van der Waals surface area contributed by atoms with Crippen molar-refractivity contribution in [2.24, 2.45) is 0 Å². The molecule has 110 valence electrons. The third-order valence-corrected chi connectivity index (χ3v) is 3.18. The fraction of sp³-hybridized carbons (Fsp3) is 0.235. The molecule has 1 amide bonds. The molecule has 4 nitrogen and oxygen atoms in total. The number of benzene rings is 2. The van der Waals surface area contributed by atoms with E-state index in [1.165, 1.54) is 0 Å². The van der Waals surface area contributed by atoms with E-state index >= 15 is 0 Å². The van der Waals surface area contributed by atoms with Crippen LogP contribution >= 0.6 is 0 Å². The normalized spacial score (nSPS) is 10.0. The SMILES string of the molecule is COc1ccc(CNC(=O)Cc2ccccc2)c(OC)c1. The molecule has 0 spiro atoms. The van der Waals surface area contributed by atoms with E-state index in [4.69, 9.17) is 9.47 Å². The van der Waals surface area contributed by atoms with Gasteiger partial charge in [0.1, 0.15) is 11.5 Å². The first-order valence-corrected chi connectivity index (χ1v) is 6.74.